The van der Waals surface area contributed by atoms with Crippen molar-refractivity contribution in [3.63, 3.8) is 0 Å². The van der Waals surface area contributed by atoms with Crippen LogP contribution in [-0.4, -0.2) is 16.5 Å². The number of fused-ring (bicyclic) bond motifs is 9. The van der Waals surface area contributed by atoms with Gasteiger partial charge in [0, 0.05) is 29.2 Å². The van der Waals surface area contributed by atoms with E-state index in [1.54, 1.807) is 0 Å². The van der Waals surface area contributed by atoms with Crippen LogP contribution in [0.4, 0.5) is 22.9 Å². The number of aromatic nitrogens is 3. The molecule has 2 aliphatic rings. The summed E-state index contributed by atoms with van der Waals surface area (Å²) in [7, 11) is 2.02. The van der Waals surface area contributed by atoms with Crippen LogP contribution in [0.25, 0.3) is 27.8 Å². The normalized spacial score (nSPS) is 13.0. The fraction of sp³-hybridized carbons (Fsp3) is 0.0270. The summed E-state index contributed by atoms with van der Waals surface area (Å²) in [4.78, 5) is 9.65. The van der Waals surface area contributed by atoms with Crippen molar-refractivity contribution in [2.24, 2.45) is 7.05 Å². The van der Waals surface area contributed by atoms with Gasteiger partial charge in [-0.1, -0.05) is 78.9 Å². The van der Waals surface area contributed by atoms with E-state index in [0.29, 0.717) is 0 Å². The lowest BCUT2D eigenvalue weighted by Gasteiger charge is -2.36. The minimum absolute atomic E-state index is 0.0807. The lowest BCUT2D eigenvalue weighted by atomic mass is 9.59. The third-order valence-electron chi connectivity index (χ3n) is 8.58. The number of hydrogen-bond acceptors (Lipinski definition) is 4. The van der Waals surface area contributed by atoms with E-state index < -0.39 is 0 Å². The van der Waals surface area contributed by atoms with Gasteiger partial charge in [-0.15, -0.1) is 0 Å². The van der Waals surface area contributed by atoms with Crippen LogP contribution in [0.5, 0.6) is 11.5 Å². The summed E-state index contributed by atoms with van der Waals surface area (Å²) in [5, 5.41) is 0. The number of pyridine rings is 1. The van der Waals surface area contributed by atoms with Gasteiger partial charge in [0.15, 0.2) is 0 Å². The van der Waals surface area contributed by atoms with Gasteiger partial charge >= 0.3 is 6.98 Å². The minimum atomic E-state index is -0.0807. The lowest BCUT2D eigenvalue weighted by Crippen LogP contribution is -2.55. The highest BCUT2D eigenvalue weighted by Gasteiger charge is 2.48. The van der Waals surface area contributed by atoms with Crippen molar-refractivity contribution in [1.29, 1.82) is 0 Å². The third-order valence-corrected chi connectivity index (χ3v) is 8.58. The molecule has 0 N–H and O–H groups in total. The quantitative estimate of drug-likeness (QED) is 0.129. The summed E-state index contributed by atoms with van der Waals surface area (Å²) in [5.74, 6) is 2.45. The number of nitrogens with zero attached hydrogens (tertiary/aromatic N) is 5. The Hall–Kier alpha value is -5.82. The maximum absolute atomic E-state index is 6.57. The second-order valence-corrected chi connectivity index (χ2v) is 11.1. The van der Waals surface area contributed by atoms with Gasteiger partial charge in [0.2, 0.25) is 6.33 Å². The Bertz CT molecular complexity index is 2210. The zero-order valence-electron chi connectivity index (χ0n) is 24.0. The molecule has 7 aromatic rings. The first-order chi connectivity index (χ1) is 21.7. The van der Waals surface area contributed by atoms with Gasteiger partial charge < -0.3 is 23.5 Å². The summed E-state index contributed by atoms with van der Waals surface area (Å²) in [6.45, 7) is -0.0807. The van der Waals surface area contributed by atoms with E-state index in [4.69, 9.17) is 9.72 Å². The van der Waals surface area contributed by atoms with Crippen molar-refractivity contribution in [1.82, 2.24) is 9.55 Å². The molecule has 0 atom stereocenters. The maximum Gasteiger partial charge on any atom is 0.422 e. The summed E-state index contributed by atoms with van der Waals surface area (Å²) < 4.78 is 10.7. The first-order valence-corrected chi connectivity index (χ1v) is 14.7. The Morgan fingerprint density at radius 3 is 2.39 bits per heavy atom. The molecule has 0 saturated heterocycles. The van der Waals surface area contributed by atoms with Gasteiger partial charge in [-0.3, -0.25) is 0 Å². The molecule has 0 radical (unpaired) electrons. The topological polar surface area (TPSA) is 37.4 Å². The Kier molecular flexibility index (Phi) is 5.41. The number of imidazole rings is 1. The first-order valence-electron chi connectivity index (χ1n) is 14.7. The Labute approximate surface area is 255 Å². The molecule has 44 heavy (non-hydrogen) atoms. The molecule has 5 aromatic carbocycles. The predicted octanol–water partition coefficient (Wildman–Crippen LogP) is 7.11. The van der Waals surface area contributed by atoms with E-state index in [-0.39, 0.29) is 6.98 Å². The SMILES string of the molecule is C[n+]1[c-]n(-c2cccc(Oc3ccc4c(c3)N3B(c5ccccc5-4)N(c4ccccc4)c4cccnc43)c2)c2ccccc21. The van der Waals surface area contributed by atoms with Gasteiger partial charge in [0.25, 0.3) is 0 Å². The van der Waals surface area contributed by atoms with E-state index in [1.165, 1.54) is 11.0 Å². The van der Waals surface area contributed by atoms with Crippen molar-refractivity contribution >= 4 is 46.4 Å². The molecule has 7 heteroatoms. The summed E-state index contributed by atoms with van der Waals surface area (Å²) in [5.41, 5.74) is 10.1. The Morgan fingerprint density at radius 2 is 1.45 bits per heavy atom. The van der Waals surface area contributed by atoms with Crippen LogP contribution in [-0.2, 0) is 7.05 Å². The second-order valence-electron chi connectivity index (χ2n) is 11.1. The number of benzene rings is 5. The molecule has 4 heterocycles. The fourth-order valence-corrected chi connectivity index (χ4v) is 6.70. The third kappa shape index (κ3) is 3.69. The van der Waals surface area contributed by atoms with E-state index in [9.17, 15) is 0 Å². The molecule has 0 fully saturated rings. The van der Waals surface area contributed by atoms with Crippen molar-refractivity contribution in [2.45, 2.75) is 0 Å². The molecule has 0 bridgehead atoms. The average molecular weight is 567 g/mol. The first kappa shape index (κ1) is 24.8. The van der Waals surface area contributed by atoms with Gasteiger partial charge in [0.05, 0.1) is 29.5 Å². The summed E-state index contributed by atoms with van der Waals surface area (Å²) >= 11 is 0. The molecule has 0 amide bonds. The predicted molar refractivity (Wildman–Crippen MR) is 176 cm³/mol. The standard InChI is InChI=1S/C37H26BN5O/c1-40-25-41(34-18-8-7-17-33(34)40)27-13-9-14-28(23-27)44-29-20-21-31-30-15-5-6-16-32(30)38-42(26-11-3-2-4-12-26)35-19-10-22-39-37(35)43(38)36(31)24-29/h2-24H,1H3. The van der Waals surface area contributed by atoms with Crippen molar-refractivity contribution < 1.29 is 9.30 Å². The Morgan fingerprint density at radius 1 is 0.659 bits per heavy atom. The highest BCUT2D eigenvalue weighted by Crippen LogP contribution is 2.50. The van der Waals surface area contributed by atoms with Crippen LogP contribution in [0, 0.1) is 6.33 Å². The minimum Gasteiger partial charge on any atom is -0.458 e. The van der Waals surface area contributed by atoms with Crippen LogP contribution < -0.4 is 24.4 Å². The highest BCUT2D eigenvalue weighted by molar-refractivity contribution is 6.86. The molecule has 2 aliphatic heterocycles. The van der Waals surface area contributed by atoms with Crippen LogP contribution in [0.2, 0.25) is 0 Å². The van der Waals surface area contributed by atoms with Gasteiger partial charge in [-0.2, -0.15) is 0 Å². The highest BCUT2D eigenvalue weighted by atomic mass is 16.5. The molecular weight excluding hydrogens is 541 g/mol. The zero-order valence-corrected chi connectivity index (χ0v) is 24.0. The van der Waals surface area contributed by atoms with Crippen molar-refractivity contribution in [3.8, 4) is 28.3 Å². The molecule has 0 aliphatic carbocycles. The monoisotopic (exact) mass is 567 g/mol. The van der Waals surface area contributed by atoms with Crippen LogP contribution in [0.1, 0.15) is 0 Å². The molecule has 6 nitrogen and oxygen atoms in total. The van der Waals surface area contributed by atoms with Crippen molar-refractivity contribution in [3.05, 3.63) is 146 Å². The maximum atomic E-state index is 6.57. The average Bonchev–Trinajstić information content (AvgIpc) is 3.61. The van der Waals surface area contributed by atoms with Crippen LogP contribution >= 0.6 is 0 Å². The molecule has 0 unspecified atom stereocenters. The van der Waals surface area contributed by atoms with Crippen molar-refractivity contribution in [2.75, 3.05) is 9.62 Å². The van der Waals surface area contributed by atoms with E-state index in [2.05, 4.69) is 130 Å². The fourth-order valence-electron chi connectivity index (χ4n) is 6.70. The van der Waals surface area contributed by atoms with Crippen LogP contribution in [0.15, 0.2) is 140 Å². The summed E-state index contributed by atoms with van der Waals surface area (Å²) in [6, 6.07) is 46.3. The molecule has 0 spiro atoms. The Balaban J connectivity index is 1.15. The van der Waals surface area contributed by atoms with Gasteiger partial charge in [0.1, 0.15) is 17.3 Å². The lowest BCUT2D eigenvalue weighted by molar-refractivity contribution is -0.649. The van der Waals surface area contributed by atoms with E-state index in [0.717, 1.165) is 56.7 Å². The zero-order chi connectivity index (χ0) is 29.2. The number of hydrogen-bond donors (Lipinski definition) is 0. The number of para-hydroxylation sites is 3. The van der Waals surface area contributed by atoms with Gasteiger partial charge in [-0.05, 0) is 59.6 Å². The number of rotatable bonds is 4. The summed E-state index contributed by atoms with van der Waals surface area (Å²) in [6.07, 6.45) is 5.30. The molecule has 9 rings (SSSR count). The smallest absolute Gasteiger partial charge is 0.422 e. The molecule has 2 aromatic heterocycles. The number of anilines is 4. The molecular formula is C37H26BN5O. The number of ether oxygens (including phenoxy) is 1. The number of aryl methyl sites for hydroxylation is 1. The second kappa shape index (κ2) is 9.61. The largest absolute Gasteiger partial charge is 0.458 e. The van der Waals surface area contributed by atoms with E-state index >= 15 is 0 Å². The van der Waals surface area contributed by atoms with Gasteiger partial charge in [-0.25, -0.2) is 4.98 Å². The molecule has 208 valence electrons. The van der Waals surface area contributed by atoms with E-state index in [1.807, 2.05) is 42.1 Å². The van der Waals surface area contributed by atoms with Crippen LogP contribution in [0.3, 0.4) is 0 Å². The molecule has 0 saturated carbocycles.